The lowest BCUT2D eigenvalue weighted by Gasteiger charge is -2.27. The lowest BCUT2D eigenvalue weighted by molar-refractivity contribution is -0.163. The summed E-state index contributed by atoms with van der Waals surface area (Å²) in [5.41, 5.74) is 0.471. The Balaban J connectivity index is 1.67. The van der Waals surface area contributed by atoms with Gasteiger partial charge in [-0.15, -0.1) is 0 Å². The maximum Gasteiger partial charge on any atom is 0.329 e. The van der Waals surface area contributed by atoms with Gasteiger partial charge in [-0.1, -0.05) is 48.5 Å². The number of nitrogens with zero attached hydrogens (tertiary/aromatic N) is 1. The Morgan fingerprint density at radius 3 is 2.17 bits per heavy atom. The van der Waals surface area contributed by atoms with Gasteiger partial charge in [0.1, 0.15) is 11.6 Å². The van der Waals surface area contributed by atoms with E-state index in [1.165, 1.54) is 0 Å². The van der Waals surface area contributed by atoms with Gasteiger partial charge in [-0.2, -0.15) is 0 Å². The highest BCUT2D eigenvalue weighted by molar-refractivity contribution is 6.04. The topological polar surface area (TPSA) is 46.6 Å². The molecule has 1 amide bonds. The van der Waals surface area contributed by atoms with Gasteiger partial charge in [0.2, 0.25) is 5.91 Å². The van der Waals surface area contributed by atoms with E-state index in [1.807, 2.05) is 45.0 Å². The van der Waals surface area contributed by atoms with Crippen molar-refractivity contribution in [3.8, 4) is 0 Å². The molecule has 1 atom stereocenters. The van der Waals surface area contributed by atoms with Crippen LogP contribution in [0.25, 0.3) is 21.5 Å². The molecule has 0 unspecified atom stereocenters. The van der Waals surface area contributed by atoms with Crippen LogP contribution in [0, 0.1) is 0 Å². The predicted octanol–water partition coefficient (Wildman–Crippen LogP) is 4.87. The minimum Gasteiger partial charge on any atom is -0.458 e. The summed E-state index contributed by atoms with van der Waals surface area (Å²) < 4.78 is 5.56. The summed E-state index contributed by atoms with van der Waals surface area (Å²) >= 11 is 0. The summed E-state index contributed by atoms with van der Waals surface area (Å²) in [6.07, 6.45) is 1.77. The van der Waals surface area contributed by atoms with E-state index in [0.717, 1.165) is 33.5 Å². The lowest BCUT2D eigenvalue weighted by atomic mass is 9.94. The fraction of sp³-hybridized carbons (Fsp3) is 0.360. The van der Waals surface area contributed by atoms with Gasteiger partial charge in [-0.05, 0) is 66.8 Å². The molecule has 150 valence electrons. The van der Waals surface area contributed by atoms with Gasteiger partial charge in [0.15, 0.2) is 0 Å². The van der Waals surface area contributed by atoms with E-state index in [4.69, 9.17) is 4.74 Å². The molecule has 0 radical (unpaired) electrons. The Bertz CT molecular complexity index is 1030. The van der Waals surface area contributed by atoms with Crippen LogP contribution in [0.5, 0.6) is 0 Å². The second-order valence-corrected chi connectivity index (χ2v) is 8.75. The fourth-order valence-corrected chi connectivity index (χ4v) is 4.23. The minimum absolute atomic E-state index is 0.0140. The molecule has 4 nitrogen and oxygen atoms in total. The highest BCUT2D eigenvalue weighted by Gasteiger charge is 2.37. The predicted molar refractivity (Wildman–Crippen MR) is 116 cm³/mol. The molecule has 0 bridgehead atoms. The molecule has 1 heterocycles. The van der Waals surface area contributed by atoms with E-state index in [9.17, 15) is 9.59 Å². The van der Waals surface area contributed by atoms with Crippen molar-refractivity contribution in [1.29, 1.82) is 0 Å². The first-order valence-corrected chi connectivity index (χ1v) is 10.3. The van der Waals surface area contributed by atoms with E-state index in [0.29, 0.717) is 13.0 Å². The smallest absolute Gasteiger partial charge is 0.329 e. The molecule has 1 fully saturated rings. The third-order valence-electron chi connectivity index (χ3n) is 5.46. The number of amides is 1. The maximum absolute atomic E-state index is 13.3. The van der Waals surface area contributed by atoms with E-state index in [1.54, 1.807) is 4.90 Å². The Hall–Kier alpha value is -2.88. The molecule has 4 heteroatoms. The first-order chi connectivity index (χ1) is 13.8. The average Bonchev–Trinajstić information content (AvgIpc) is 3.16. The molecular formula is C25H27NO3. The van der Waals surface area contributed by atoms with Crippen molar-refractivity contribution in [2.75, 3.05) is 6.54 Å². The van der Waals surface area contributed by atoms with Crippen molar-refractivity contribution in [2.45, 2.75) is 51.7 Å². The zero-order valence-corrected chi connectivity index (χ0v) is 17.3. The molecule has 0 aromatic heterocycles. The van der Waals surface area contributed by atoms with Gasteiger partial charge in [0.05, 0.1) is 6.42 Å². The van der Waals surface area contributed by atoms with E-state index in [2.05, 4.69) is 30.3 Å². The van der Waals surface area contributed by atoms with Crippen LogP contribution in [0.4, 0.5) is 0 Å². The van der Waals surface area contributed by atoms with Crippen LogP contribution < -0.4 is 0 Å². The van der Waals surface area contributed by atoms with E-state index in [-0.39, 0.29) is 18.3 Å². The Morgan fingerprint density at radius 2 is 1.59 bits per heavy atom. The number of hydrogen-bond acceptors (Lipinski definition) is 3. The largest absolute Gasteiger partial charge is 0.458 e. The van der Waals surface area contributed by atoms with Gasteiger partial charge in [0.25, 0.3) is 0 Å². The number of esters is 1. The average molecular weight is 389 g/mol. The molecule has 1 saturated heterocycles. The molecule has 4 rings (SSSR count). The van der Waals surface area contributed by atoms with Crippen molar-refractivity contribution in [1.82, 2.24) is 4.90 Å². The number of rotatable bonds is 3. The van der Waals surface area contributed by atoms with Crippen LogP contribution in [0.15, 0.2) is 54.6 Å². The highest BCUT2D eigenvalue weighted by Crippen LogP contribution is 2.30. The van der Waals surface area contributed by atoms with Gasteiger partial charge < -0.3 is 9.64 Å². The Morgan fingerprint density at radius 1 is 1.00 bits per heavy atom. The monoisotopic (exact) mass is 389 g/mol. The summed E-state index contributed by atoms with van der Waals surface area (Å²) in [5.74, 6) is -0.314. The maximum atomic E-state index is 13.3. The lowest BCUT2D eigenvalue weighted by Crippen LogP contribution is -2.44. The van der Waals surface area contributed by atoms with Crippen LogP contribution in [0.3, 0.4) is 0 Å². The van der Waals surface area contributed by atoms with Gasteiger partial charge in [-0.3, -0.25) is 4.79 Å². The van der Waals surface area contributed by atoms with Crippen LogP contribution in [0.2, 0.25) is 0 Å². The number of hydrogen-bond donors (Lipinski definition) is 0. The van der Waals surface area contributed by atoms with Crippen LogP contribution in [-0.4, -0.2) is 35.0 Å². The number of carbonyl (C=O) groups is 2. The van der Waals surface area contributed by atoms with Gasteiger partial charge in [-0.25, -0.2) is 4.79 Å². The molecule has 0 spiro atoms. The summed E-state index contributed by atoms with van der Waals surface area (Å²) in [6.45, 7) is 6.17. The molecule has 0 saturated carbocycles. The second kappa shape index (κ2) is 7.51. The summed E-state index contributed by atoms with van der Waals surface area (Å²) in [4.78, 5) is 27.7. The highest BCUT2D eigenvalue weighted by atomic mass is 16.6. The summed E-state index contributed by atoms with van der Waals surface area (Å²) in [7, 11) is 0. The fourth-order valence-electron chi connectivity index (χ4n) is 4.23. The van der Waals surface area contributed by atoms with Crippen molar-refractivity contribution in [2.24, 2.45) is 0 Å². The Kier molecular flexibility index (Phi) is 5.03. The minimum atomic E-state index is -0.555. The third kappa shape index (κ3) is 3.98. The number of ether oxygens (including phenoxy) is 1. The molecule has 3 aromatic carbocycles. The molecule has 29 heavy (non-hydrogen) atoms. The summed E-state index contributed by atoms with van der Waals surface area (Å²) in [6, 6.07) is 18.0. The molecule has 0 aliphatic carbocycles. The SMILES string of the molecule is CC(C)(C)OC(=O)[C@H]1CCCN1C(=O)Cc1c2ccccc2cc2ccccc12. The quantitative estimate of drug-likeness (QED) is 0.474. The van der Waals surface area contributed by atoms with Crippen molar-refractivity contribution in [3.63, 3.8) is 0 Å². The number of carbonyl (C=O) groups excluding carboxylic acids is 2. The zero-order chi connectivity index (χ0) is 20.6. The molecule has 3 aromatic rings. The molecule has 1 aliphatic rings. The molecule has 1 aliphatic heterocycles. The van der Waals surface area contributed by atoms with E-state index >= 15 is 0 Å². The third-order valence-corrected chi connectivity index (χ3v) is 5.46. The van der Waals surface area contributed by atoms with Gasteiger partial charge >= 0.3 is 5.97 Å². The normalized spacial score (nSPS) is 17.1. The number of benzene rings is 3. The molecular weight excluding hydrogens is 362 g/mol. The Labute approximate surface area is 171 Å². The van der Waals surface area contributed by atoms with Gasteiger partial charge in [0, 0.05) is 6.54 Å². The van der Waals surface area contributed by atoms with Crippen molar-refractivity contribution < 1.29 is 14.3 Å². The van der Waals surface area contributed by atoms with Crippen LogP contribution >= 0.6 is 0 Å². The first kappa shape index (κ1) is 19.4. The van der Waals surface area contributed by atoms with Crippen molar-refractivity contribution in [3.05, 3.63) is 60.2 Å². The molecule has 0 N–H and O–H groups in total. The standard InChI is InChI=1S/C25H27NO3/c1-25(2,3)29-24(28)22-13-8-14-26(22)23(27)16-21-19-11-6-4-9-17(19)15-18-10-5-7-12-20(18)21/h4-7,9-12,15,22H,8,13-14,16H2,1-3H3/t22-/m1/s1. The number of likely N-dealkylation sites (tertiary alicyclic amines) is 1. The summed E-state index contributed by atoms with van der Waals surface area (Å²) in [5, 5.41) is 4.43. The number of fused-ring (bicyclic) bond motifs is 2. The van der Waals surface area contributed by atoms with Crippen molar-refractivity contribution >= 4 is 33.4 Å². The van der Waals surface area contributed by atoms with Crippen LogP contribution in [-0.2, 0) is 20.7 Å². The van der Waals surface area contributed by atoms with E-state index < -0.39 is 11.6 Å². The zero-order valence-electron chi connectivity index (χ0n) is 17.3. The van der Waals surface area contributed by atoms with Crippen LogP contribution in [0.1, 0.15) is 39.2 Å². The first-order valence-electron chi connectivity index (χ1n) is 10.3. The second-order valence-electron chi connectivity index (χ2n) is 8.75.